The Bertz CT molecular complexity index is 694. The molecule has 0 bridgehead atoms. The van der Waals surface area contributed by atoms with Gasteiger partial charge in [-0.3, -0.25) is 9.69 Å². The van der Waals surface area contributed by atoms with Gasteiger partial charge in [-0.1, -0.05) is 44.2 Å². The molecule has 1 fully saturated rings. The van der Waals surface area contributed by atoms with Crippen molar-refractivity contribution in [1.82, 2.24) is 9.88 Å². The lowest BCUT2D eigenvalue weighted by Gasteiger charge is -2.20. The van der Waals surface area contributed by atoms with E-state index in [4.69, 9.17) is 14.5 Å². The van der Waals surface area contributed by atoms with Crippen LogP contribution in [0.3, 0.4) is 0 Å². The van der Waals surface area contributed by atoms with Crippen LogP contribution in [0.2, 0.25) is 0 Å². The third-order valence-electron chi connectivity index (χ3n) is 4.50. The first-order valence-corrected chi connectivity index (χ1v) is 8.58. The predicted octanol–water partition coefficient (Wildman–Crippen LogP) is 4.08. The molecule has 24 heavy (non-hydrogen) atoms. The number of benzene rings is 1. The summed E-state index contributed by atoms with van der Waals surface area (Å²) in [4.78, 5) is 17.9. The lowest BCUT2D eigenvalue weighted by molar-refractivity contribution is -0.137. The molecule has 0 spiro atoms. The Balaban J connectivity index is 1.90. The van der Waals surface area contributed by atoms with Crippen LogP contribution in [0.4, 0.5) is 0 Å². The molecule has 3 rings (SSSR count). The van der Waals surface area contributed by atoms with E-state index in [0.29, 0.717) is 6.54 Å². The van der Waals surface area contributed by atoms with Gasteiger partial charge in [-0.05, 0) is 19.4 Å². The van der Waals surface area contributed by atoms with Crippen LogP contribution in [0.25, 0.3) is 11.3 Å². The van der Waals surface area contributed by atoms with E-state index in [-0.39, 0.29) is 18.4 Å². The van der Waals surface area contributed by atoms with Gasteiger partial charge in [0.1, 0.15) is 11.5 Å². The Kier molecular flexibility index (Phi) is 5.00. The summed E-state index contributed by atoms with van der Waals surface area (Å²) >= 11 is 0. The van der Waals surface area contributed by atoms with Crippen molar-refractivity contribution in [2.45, 2.75) is 45.1 Å². The third-order valence-corrected chi connectivity index (χ3v) is 4.50. The van der Waals surface area contributed by atoms with Crippen LogP contribution in [0.5, 0.6) is 0 Å². The highest BCUT2D eigenvalue weighted by molar-refractivity contribution is 5.66. The highest BCUT2D eigenvalue weighted by atomic mass is 16.4. The number of aliphatic carboxylic acids is 1. The van der Waals surface area contributed by atoms with Gasteiger partial charge in [-0.25, -0.2) is 4.98 Å². The van der Waals surface area contributed by atoms with Crippen molar-refractivity contribution in [3.63, 3.8) is 0 Å². The van der Waals surface area contributed by atoms with Crippen LogP contribution in [0.1, 0.15) is 56.7 Å². The first-order chi connectivity index (χ1) is 11.6. The maximum atomic E-state index is 10.9. The van der Waals surface area contributed by atoms with E-state index < -0.39 is 5.97 Å². The molecular formula is C19H24N2O3. The lowest BCUT2D eigenvalue weighted by Crippen LogP contribution is -2.26. The summed E-state index contributed by atoms with van der Waals surface area (Å²) < 4.78 is 6.15. The Morgan fingerprint density at radius 3 is 2.79 bits per heavy atom. The van der Waals surface area contributed by atoms with Gasteiger partial charge in [0.25, 0.3) is 0 Å². The van der Waals surface area contributed by atoms with E-state index in [0.717, 1.165) is 42.3 Å². The predicted molar refractivity (Wildman–Crippen MR) is 91.8 cm³/mol. The van der Waals surface area contributed by atoms with E-state index in [1.807, 2.05) is 30.3 Å². The zero-order valence-corrected chi connectivity index (χ0v) is 14.2. The van der Waals surface area contributed by atoms with Gasteiger partial charge in [-0.15, -0.1) is 0 Å². The molecule has 1 saturated heterocycles. The molecule has 1 unspecified atom stereocenters. The Morgan fingerprint density at radius 1 is 1.38 bits per heavy atom. The van der Waals surface area contributed by atoms with Gasteiger partial charge in [0.2, 0.25) is 5.89 Å². The van der Waals surface area contributed by atoms with E-state index >= 15 is 0 Å². The normalized spacial score (nSPS) is 18.4. The fraction of sp³-hybridized carbons (Fsp3) is 0.474. The number of carbonyl (C=O) groups is 1. The molecule has 0 saturated carbocycles. The van der Waals surface area contributed by atoms with Crippen LogP contribution >= 0.6 is 0 Å². The minimum Gasteiger partial charge on any atom is -0.481 e. The quantitative estimate of drug-likeness (QED) is 0.865. The molecule has 0 amide bonds. The first-order valence-electron chi connectivity index (χ1n) is 8.58. The number of carboxylic acids is 1. The van der Waals surface area contributed by atoms with Crippen LogP contribution in [-0.2, 0) is 4.79 Å². The number of carboxylic acid groups (broad SMARTS) is 1. The molecule has 1 atom stereocenters. The molecule has 1 aromatic carbocycles. The van der Waals surface area contributed by atoms with Gasteiger partial charge in [-0.2, -0.15) is 0 Å². The smallest absolute Gasteiger partial charge is 0.304 e. The monoisotopic (exact) mass is 328 g/mol. The van der Waals surface area contributed by atoms with Crippen molar-refractivity contribution < 1.29 is 14.3 Å². The second-order valence-corrected chi connectivity index (χ2v) is 6.62. The standard InChI is InChI=1S/C19H24N2O3/c1-13(2)18-17(14-7-4-3-5-8-14)20-19(24-18)15-9-6-11-21(15)12-10-16(22)23/h3-5,7-8,13,15H,6,9-12H2,1-2H3,(H,22,23). The largest absolute Gasteiger partial charge is 0.481 e. The number of likely N-dealkylation sites (tertiary alicyclic amines) is 1. The molecule has 128 valence electrons. The summed E-state index contributed by atoms with van der Waals surface area (Å²) in [5.41, 5.74) is 1.97. The second-order valence-electron chi connectivity index (χ2n) is 6.62. The van der Waals surface area contributed by atoms with Gasteiger partial charge in [0.15, 0.2) is 0 Å². The maximum absolute atomic E-state index is 10.9. The second kappa shape index (κ2) is 7.18. The average molecular weight is 328 g/mol. The summed E-state index contributed by atoms with van der Waals surface area (Å²) in [6, 6.07) is 10.2. The summed E-state index contributed by atoms with van der Waals surface area (Å²) in [5, 5.41) is 8.93. The molecule has 5 nitrogen and oxygen atoms in total. The molecular weight excluding hydrogens is 304 g/mol. The van der Waals surface area contributed by atoms with E-state index in [2.05, 4.69) is 18.7 Å². The summed E-state index contributed by atoms with van der Waals surface area (Å²) in [5.74, 6) is 1.11. The fourth-order valence-corrected chi connectivity index (χ4v) is 3.30. The highest BCUT2D eigenvalue weighted by Gasteiger charge is 2.31. The van der Waals surface area contributed by atoms with Crippen molar-refractivity contribution in [2.24, 2.45) is 0 Å². The topological polar surface area (TPSA) is 66.6 Å². The minimum absolute atomic E-state index is 0.0827. The number of aromatic nitrogens is 1. The van der Waals surface area contributed by atoms with Crippen molar-refractivity contribution in [3.05, 3.63) is 42.0 Å². The maximum Gasteiger partial charge on any atom is 0.304 e. The molecule has 2 heterocycles. The number of hydrogen-bond donors (Lipinski definition) is 1. The van der Waals surface area contributed by atoms with Gasteiger partial charge in [0, 0.05) is 18.0 Å². The van der Waals surface area contributed by atoms with Crippen LogP contribution in [0.15, 0.2) is 34.7 Å². The van der Waals surface area contributed by atoms with Crippen LogP contribution < -0.4 is 0 Å². The van der Waals surface area contributed by atoms with Crippen molar-refractivity contribution >= 4 is 5.97 Å². The highest BCUT2D eigenvalue weighted by Crippen LogP contribution is 2.37. The SMILES string of the molecule is CC(C)c1oc(C2CCCN2CCC(=O)O)nc1-c1ccccc1. The molecule has 1 aliphatic heterocycles. The molecule has 0 radical (unpaired) electrons. The number of rotatable bonds is 6. The minimum atomic E-state index is -0.763. The van der Waals surface area contributed by atoms with Crippen molar-refractivity contribution in [2.75, 3.05) is 13.1 Å². The number of oxazole rings is 1. The van der Waals surface area contributed by atoms with Gasteiger partial charge >= 0.3 is 5.97 Å². The van der Waals surface area contributed by atoms with E-state index in [9.17, 15) is 4.79 Å². The summed E-state index contributed by atoms with van der Waals surface area (Å²) in [7, 11) is 0. The Hall–Kier alpha value is -2.14. The van der Waals surface area contributed by atoms with E-state index in [1.165, 1.54) is 0 Å². The molecule has 5 heteroatoms. The van der Waals surface area contributed by atoms with E-state index in [1.54, 1.807) is 0 Å². The van der Waals surface area contributed by atoms with Gasteiger partial charge in [0.05, 0.1) is 12.5 Å². The zero-order valence-electron chi connectivity index (χ0n) is 14.2. The Morgan fingerprint density at radius 2 is 2.12 bits per heavy atom. The molecule has 2 aromatic rings. The van der Waals surface area contributed by atoms with Gasteiger partial charge < -0.3 is 9.52 Å². The van der Waals surface area contributed by atoms with Crippen molar-refractivity contribution in [3.8, 4) is 11.3 Å². The third kappa shape index (κ3) is 3.51. The van der Waals surface area contributed by atoms with Crippen LogP contribution in [-0.4, -0.2) is 34.0 Å². The molecule has 1 N–H and O–H groups in total. The fourth-order valence-electron chi connectivity index (χ4n) is 3.30. The van der Waals surface area contributed by atoms with Crippen LogP contribution in [0, 0.1) is 0 Å². The molecule has 1 aromatic heterocycles. The first kappa shape index (κ1) is 16.7. The zero-order chi connectivity index (χ0) is 17.1. The summed E-state index contributed by atoms with van der Waals surface area (Å²) in [6.07, 6.45) is 2.16. The lowest BCUT2D eigenvalue weighted by atomic mass is 10.0. The average Bonchev–Trinajstić information content (AvgIpc) is 3.20. The molecule has 1 aliphatic rings. The van der Waals surface area contributed by atoms with Crippen molar-refractivity contribution in [1.29, 1.82) is 0 Å². The Labute approximate surface area is 142 Å². The number of nitrogens with zero attached hydrogens (tertiary/aromatic N) is 2. The summed E-state index contributed by atoms with van der Waals surface area (Å²) in [6.45, 7) is 5.65. The molecule has 0 aliphatic carbocycles. The number of hydrogen-bond acceptors (Lipinski definition) is 4.